The maximum absolute atomic E-state index is 12.5. The predicted molar refractivity (Wildman–Crippen MR) is 96.4 cm³/mol. The standard InChI is InChI=1S/C18H28N4O3S/c1-11(2)17-19-10-16(20-17)26(24,25)22-21-15(23)9-18-6-12-3-13(7-18)5-14(4-12)8-18/h10-14,22H,3-9H2,1-2H3,(H,19,20)(H,21,23). The Morgan fingerprint density at radius 3 is 2.31 bits per heavy atom. The van der Waals surface area contributed by atoms with E-state index in [0.29, 0.717) is 12.2 Å². The van der Waals surface area contributed by atoms with Gasteiger partial charge in [0.25, 0.3) is 10.0 Å². The van der Waals surface area contributed by atoms with Crippen molar-refractivity contribution in [1.82, 2.24) is 20.2 Å². The van der Waals surface area contributed by atoms with Crippen molar-refractivity contribution in [3.05, 3.63) is 12.0 Å². The fourth-order valence-electron chi connectivity index (χ4n) is 5.82. The smallest absolute Gasteiger partial charge is 0.274 e. The summed E-state index contributed by atoms with van der Waals surface area (Å²) < 4.78 is 24.7. The topological polar surface area (TPSA) is 104 Å². The van der Waals surface area contributed by atoms with Crippen molar-refractivity contribution < 1.29 is 13.2 Å². The molecular weight excluding hydrogens is 352 g/mol. The zero-order valence-corrected chi connectivity index (χ0v) is 16.2. The number of amides is 1. The van der Waals surface area contributed by atoms with Crippen molar-refractivity contribution in [2.45, 2.75) is 69.7 Å². The van der Waals surface area contributed by atoms with Crippen molar-refractivity contribution in [2.75, 3.05) is 0 Å². The second kappa shape index (κ2) is 6.34. The normalized spacial score (nSPS) is 33.0. The molecule has 0 unspecified atom stereocenters. The molecule has 0 aliphatic heterocycles. The number of nitrogens with zero attached hydrogens (tertiary/aromatic N) is 1. The largest absolute Gasteiger partial charge is 0.332 e. The van der Waals surface area contributed by atoms with Crippen LogP contribution >= 0.6 is 0 Å². The third kappa shape index (κ3) is 3.41. The maximum Gasteiger partial charge on any atom is 0.274 e. The lowest BCUT2D eigenvalue weighted by Gasteiger charge is -2.56. The molecule has 0 spiro atoms. The molecule has 0 radical (unpaired) electrons. The molecule has 0 atom stereocenters. The van der Waals surface area contributed by atoms with Gasteiger partial charge in [0.2, 0.25) is 5.91 Å². The molecule has 26 heavy (non-hydrogen) atoms. The molecule has 4 aliphatic rings. The van der Waals surface area contributed by atoms with E-state index in [1.165, 1.54) is 25.5 Å². The molecule has 8 heteroatoms. The van der Waals surface area contributed by atoms with Crippen LogP contribution in [0.4, 0.5) is 0 Å². The zero-order chi connectivity index (χ0) is 18.5. The molecule has 1 aromatic heterocycles. The van der Waals surface area contributed by atoms with Gasteiger partial charge in [0, 0.05) is 12.3 Å². The van der Waals surface area contributed by atoms with Gasteiger partial charge >= 0.3 is 0 Å². The minimum Gasteiger partial charge on any atom is -0.332 e. The van der Waals surface area contributed by atoms with Crippen LogP contribution in [0.2, 0.25) is 0 Å². The van der Waals surface area contributed by atoms with E-state index >= 15 is 0 Å². The van der Waals surface area contributed by atoms with Crippen LogP contribution in [0.25, 0.3) is 0 Å². The number of hydrazine groups is 1. The SMILES string of the molecule is CC(C)c1ncc(S(=O)(=O)NNC(=O)CC23CC4CC(CC(C4)C2)C3)[nH]1. The first kappa shape index (κ1) is 18.0. The molecule has 5 rings (SSSR count). The van der Waals surface area contributed by atoms with Crippen LogP contribution in [0, 0.1) is 23.2 Å². The number of nitrogens with one attached hydrogen (secondary N) is 3. The Balaban J connectivity index is 1.36. The van der Waals surface area contributed by atoms with E-state index in [0.717, 1.165) is 37.0 Å². The molecule has 7 nitrogen and oxygen atoms in total. The van der Waals surface area contributed by atoms with E-state index in [-0.39, 0.29) is 22.3 Å². The molecule has 144 valence electrons. The number of carbonyl (C=O) groups excluding carboxylic acids is 1. The third-order valence-corrected chi connectivity index (χ3v) is 7.59. The second-order valence-corrected chi connectivity index (χ2v) is 10.7. The maximum atomic E-state index is 12.5. The summed E-state index contributed by atoms with van der Waals surface area (Å²) in [6, 6.07) is 0. The van der Waals surface area contributed by atoms with Gasteiger partial charge in [0.15, 0.2) is 5.03 Å². The highest BCUT2D eigenvalue weighted by molar-refractivity contribution is 7.89. The fourth-order valence-corrected chi connectivity index (χ4v) is 6.61. The predicted octanol–water partition coefficient (Wildman–Crippen LogP) is 2.45. The highest BCUT2D eigenvalue weighted by Gasteiger charge is 2.51. The van der Waals surface area contributed by atoms with Crippen LogP contribution in [0.1, 0.15) is 70.5 Å². The average molecular weight is 381 g/mol. The average Bonchev–Trinajstić information content (AvgIpc) is 3.02. The van der Waals surface area contributed by atoms with Gasteiger partial charge in [-0.25, -0.2) is 13.4 Å². The number of imidazole rings is 1. The fraction of sp³-hybridized carbons (Fsp3) is 0.778. The highest BCUT2D eigenvalue weighted by atomic mass is 32.2. The summed E-state index contributed by atoms with van der Waals surface area (Å²) in [6.45, 7) is 3.85. The molecule has 1 aromatic rings. The number of hydrogen-bond acceptors (Lipinski definition) is 4. The molecular formula is C18H28N4O3S. The Hall–Kier alpha value is -1.41. The number of aromatic nitrogens is 2. The summed E-state index contributed by atoms with van der Waals surface area (Å²) in [5.41, 5.74) is 2.50. The van der Waals surface area contributed by atoms with Crippen LogP contribution in [-0.2, 0) is 14.8 Å². The number of rotatable bonds is 6. The Morgan fingerprint density at radius 2 is 1.81 bits per heavy atom. The summed E-state index contributed by atoms with van der Waals surface area (Å²) in [5.74, 6) is 2.77. The lowest BCUT2D eigenvalue weighted by molar-refractivity contribution is -0.129. The zero-order valence-electron chi connectivity index (χ0n) is 15.4. The first-order valence-corrected chi connectivity index (χ1v) is 11.1. The molecule has 4 aliphatic carbocycles. The minimum atomic E-state index is -3.83. The molecule has 0 aromatic carbocycles. The van der Waals surface area contributed by atoms with Crippen molar-refractivity contribution in [3.63, 3.8) is 0 Å². The van der Waals surface area contributed by atoms with E-state index < -0.39 is 10.0 Å². The molecule has 0 saturated heterocycles. The first-order valence-electron chi connectivity index (χ1n) is 9.60. The Morgan fingerprint density at radius 1 is 1.23 bits per heavy atom. The van der Waals surface area contributed by atoms with Gasteiger partial charge in [-0.05, 0) is 61.7 Å². The molecule has 4 saturated carbocycles. The second-order valence-electron chi connectivity index (χ2n) is 9.04. The highest BCUT2D eigenvalue weighted by Crippen LogP contribution is 2.61. The lowest BCUT2D eigenvalue weighted by Crippen LogP contribution is -2.50. The molecule has 4 bridgehead atoms. The quantitative estimate of drug-likeness (QED) is 0.659. The van der Waals surface area contributed by atoms with E-state index in [1.807, 2.05) is 13.8 Å². The van der Waals surface area contributed by atoms with Crippen LogP contribution in [0.5, 0.6) is 0 Å². The summed E-state index contributed by atoms with van der Waals surface area (Å²) in [5, 5.41) is -0.0312. The van der Waals surface area contributed by atoms with Gasteiger partial charge in [-0.1, -0.05) is 13.8 Å². The number of sulfonamides is 1. The summed E-state index contributed by atoms with van der Waals surface area (Å²) in [7, 11) is -3.83. The van der Waals surface area contributed by atoms with Crippen LogP contribution in [0.3, 0.4) is 0 Å². The van der Waals surface area contributed by atoms with Gasteiger partial charge in [0.1, 0.15) is 5.82 Å². The van der Waals surface area contributed by atoms with Crippen LogP contribution in [0.15, 0.2) is 11.2 Å². The van der Waals surface area contributed by atoms with Gasteiger partial charge in [-0.3, -0.25) is 10.2 Å². The van der Waals surface area contributed by atoms with Crippen molar-refractivity contribution >= 4 is 15.9 Å². The van der Waals surface area contributed by atoms with Gasteiger partial charge < -0.3 is 4.98 Å². The van der Waals surface area contributed by atoms with Crippen molar-refractivity contribution in [2.24, 2.45) is 23.2 Å². The van der Waals surface area contributed by atoms with Gasteiger partial charge in [-0.2, -0.15) is 0 Å². The molecule has 3 N–H and O–H groups in total. The monoisotopic (exact) mass is 380 g/mol. The third-order valence-electron chi connectivity index (χ3n) is 6.43. The summed E-state index contributed by atoms with van der Waals surface area (Å²) in [6.07, 6.45) is 9.04. The Kier molecular flexibility index (Phi) is 4.38. The van der Waals surface area contributed by atoms with E-state index in [2.05, 4.69) is 20.2 Å². The number of aromatic amines is 1. The van der Waals surface area contributed by atoms with Crippen molar-refractivity contribution in [3.8, 4) is 0 Å². The molecule has 1 heterocycles. The Labute approximate surface area is 154 Å². The molecule has 4 fully saturated rings. The van der Waals surface area contributed by atoms with Crippen LogP contribution in [-0.4, -0.2) is 24.3 Å². The van der Waals surface area contributed by atoms with Gasteiger partial charge in [-0.15, -0.1) is 4.83 Å². The first-order chi connectivity index (χ1) is 12.2. The lowest BCUT2D eigenvalue weighted by atomic mass is 9.49. The van der Waals surface area contributed by atoms with E-state index in [1.54, 1.807) is 0 Å². The number of H-pyrrole nitrogens is 1. The van der Waals surface area contributed by atoms with Crippen LogP contribution < -0.4 is 10.3 Å². The van der Waals surface area contributed by atoms with Gasteiger partial charge in [0.05, 0.1) is 6.20 Å². The number of carbonyl (C=O) groups is 1. The summed E-state index contributed by atoms with van der Waals surface area (Å²) >= 11 is 0. The van der Waals surface area contributed by atoms with E-state index in [4.69, 9.17) is 0 Å². The summed E-state index contributed by atoms with van der Waals surface area (Å²) in [4.78, 5) is 21.5. The van der Waals surface area contributed by atoms with E-state index in [9.17, 15) is 13.2 Å². The molecule has 1 amide bonds. The van der Waals surface area contributed by atoms with Crippen molar-refractivity contribution in [1.29, 1.82) is 0 Å². The Bertz CT molecular complexity index is 764. The number of hydrogen-bond donors (Lipinski definition) is 3. The minimum absolute atomic E-state index is 0.0312.